The van der Waals surface area contributed by atoms with Crippen LogP contribution >= 0.6 is 0 Å². The number of carbonyl (C=O) groups is 1. The number of aliphatic hydroxyl groups excluding tert-OH is 1. The van der Waals surface area contributed by atoms with Crippen LogP contribution in [0.15, 0.2) is 57.3 Å². The van der Waals surface area contributed by atoms with Crippen molar-refractivity contribution in [3.8, 4) is 11.5 Å². The molecule has 1 amide bonds. The first kappa shape index (κ1) is 35.6. The zero-order valence-corrected chi connectivity index (χ0v) is 27.0. The third-order valence-electron chi connectivity index (χ3n) is 7.41. The quantitative estimate of drug-likeness (QED) is 0.151. The van der Waals surface area contributed by atoms with E-state index < -0.39 is 28.4 Å². The van der Waals surface area contributed by atoms with E-state index in [1.807, 2.05) is 62.4 Å². The van der Waals surface area contributed by atoms with Gasteiger partial charge in [-0.2, -0.15) is 8.42 Å². The predicted molar refractivity (Wildman–Crippen MR) is 173 cm³/mol. The monoisotopic (exact) mass is 647 g/mol. The molecule has 14 heteroatoms. The van der Waals surface area contributed by atoms with E-state index in [1.54, 1.807) is 14.2 Å². The first-order valence-electron chi connectivity index (χ1n) is 14.9. The molecular weight excluding hydrogens is 602 g/mol. The van der Waals surface area contributed by atoms with Gasteiger partial charge in [0.05, 0.1) is 25.9 Å². The molecule has 2 aromatic rings. The van der Waals surface area contributed by atoms with E-state index in [2.05, 4.69) is 24.7 Å². The Morgan fingerprint density at radius 2 is 1.67 bits per heavy atom. The molecule has 3 atom stereocenters. The summed E-state index contributed by atoms with van der Waals surface area (Å²) in [6, 6.07) is 14.5. The van der Waals surface area contributed by atoms with Gasteiger partial charge in [-0.05, 0) is 54.4 Å². The fraction of sp³-hybridized carbons (Fsp3) is 0.516. The Labute approximate surface area is 265 Å². The van der Waals surface area contributed by atoms with E-state index in [0.717, 1.165) is 17.5 Å². The van der Waals surface area contributed by atoms with Gasteiger partial charge in [0.25, 0.3) is 0 Å². The van der Waals surface area contributed by atoms with E-state index in [9.17, 15) is 23.4 Å². The molecule has 0 radical (unpaired) electrons. The summed E-state index contributed by atoms with van der Waals surface area (Å²) in [6.45, 7) is 5.38. The average Bonchev–Trinajstić information content (AvgIpc) is 3.30. The number of carboxylic acid groups (broad SMARTS) is 1. The summed E-state index contributed by atoms with van der Waals surface area (Å²) < 4.78 is 48.0. The van der Waals surface area contributed by atoms with Crippen molar-refractivity contribution in [2.24, 2.45) is 20.6 Å². The zero-order chi connectivity index (χ0) is 32.8. The summed E-state index contributed by atoms with van der Waals surface area (Å²) in [6.07, 6.45) is -0.196. The van der Waals surface area contributed by atoms with Gasteiger partial charge in [-0.3, -0.25) is 0 Å². The lowest BCUT2D eigenvalue weighted by Crippen LogP contribution is -2.50. The molecule has 1 aliphatic rings. The minimum Gasteiger partial charge on any atom is -0.493 e. The molecule has 0 aliphatic carbocycles. The molecular formula is C31H45N5O8S. The molecule has 3 rings (SSSR count). The van der Waals surface area contributed by atoms with Crippen molar-refractivity contribution in [2.75, 3.05) is 40.5 Å². The standard InChI is InChI=1S/C31H45N5O8S/c1-21(2)24(17-23-11-12-27(43-4)28(18-23)44-16-8-15-42-3)19-25(34-31(38)39)26(37)20-33-30-29(35-45(40,41)36-30)32-14-13-22-9-6-5-7-10-22/h5-7,9-12,18,21,24-26,34,37H,8,13-17,19-20H2,1-4H3,(H,32,35)(H,33,36)(H,38,39)/t24-,25-,26-/m0/s1. The Kier molecular flexibility index (Phi) is 13.9. The van der Waals surface area contributed by atoms with Crippen LogP contribution in [-0.2, 0) is 27.8 Å². The average molecular weight is 648 g/mol. The van der Waals surface area contributed by atoms with Gasteiger partial charge in [-0.15, -0.1) is 8.80 Å². The maximum atomic E-state index is 12.1. The van der Waals surface area contributed by atoms with Crippen LogP contribution in [0.3, 0.4) is 0 Å². The molecule has 248 valence electrons. The Bertz CT molecular complexity index is 1400. The van der Waals surface area contributed by atoms with Gasteiger partial charge in [0, 0.05) is 33.2 Å². The highest BCUT2D eigenvalue weighted by Crippen LogP contribution is 2.31. The van der Waals surface area contributed by atoms with E-state index in [4.69, 9.17) is 14.2 Å². The van der Waals surface area contributed by atoms with E-state index in [0.29, 0.717) is 50.5 Å². The maximum absolute atomic E-state index is 12.1. The van der Waals surface area contributed by atoms with Gasteiger partial charge in [0.2, 0.25) is 0 Å². The lowest BCUT2D eigenvalue weighted by atomic mass is 9.83. The lowest BCUT2D eigenvalue weighted by molar-refractivity contribution is 0.105. The minimum atomic E-state index is -4.08. The second-order valence-corrected chi connectivity index (χ2v) is 12.4. The van der Waals surface area contributed by atoms with Crippen molar-refractivity contribution < 1.29 is 37.6 Å². The summed E-state index contributed by atoms with van der Waals surface area (Å²) in [5.74, 6) is 1.35. The van der Waals surface area contributed by atoms with Crippen LogP contribution in [0.1, 0.15) is 37.8 Å². The molecule has 2 aromatic carbocycles. The Hall–Kier alpha value is -3.88. The van der Waals surface area contributed by atoms with Crippen LogP contribution in [0, 0.1) is 11.8 Å². The minimum absolute atomic E-state index is 0.0211. The van der Waals surface area contributed by atoms with Gasteiger partial charge >= 0.3 is 16.3 Å². The molecule has 0 spiro atoms. The van der Waals surface area contributed by atoms with Gasteiger partial charge in [-0.1, -0.05) is 50.2 Å². The molecule has 1 heterocycles. The molecule has 0 saturated carbocycles. The summed E-state index contributed by atoms with van der Waals surface area (Å²) in [7, 11) is -0.862. The van der Waals surface area contributed by atoms with Crippen LogP contribution < -0.4 is 25.4 Å². The van der Waals surface area contributed by atoms with Gasteiger partial charge in [0.15, 0.2) is 23.2 Å². The Morgan fingerprint density at radius 1 is 0.956 bits per heavy atom. The first-order valence-corrected chi connectivity index (χ1v) is 16.3. The first-order chi connectivity index (χ1) is 21.5. The second-order valence-electron chi connectivity index (χ2n) is 11.1. The fourth-order valence-corrected chi connectivity index (χ4v) is 5.72. The second kappa shape index (κ2) is 17.6. The topological polar surface area (TPSA) is 180 Å². The summed E-state index contributed by atoms with van der Waals surface area (Å²) >= 11 is 0. The van der Waals surface area contributed by atoms with Crippen molar-refractivity contribution >= 4 is 28.0 Å². The Morgan fingerprint density at radius 3 is 2.31 bits per heavy atom. The Balaban J connectivity index is 1.65. The van der Waals surface area contributed by atoms with Crippen LogP contribution in [0.25, 0.3) is 0 Å². The van der Waals surface area contributed by atoms with E-state index in [-0.39, 0.29) is 30.1 Å². The number of hydrogen-bond acceptors (Lipinski definition) is 9. The van der Waals surface area contributed by atoms with Crippen molar-refractivity contribution in [1.82, 2.24) is 16.0 Å². The summed E-state index contributed by atoms with van der Waals surface area (Å²) in [5, 5.41) is 28.9. The fourth-order valence-electron chi connectivity index (χ4n) is 4.92. The molecule has 1 aliphatic heterocycles. The number of amidine groups is 2. The molecule has 0 unspecified atom stereocenters. The zero-order valence-electron chi connectivity index (χ0n) is 26.2. The third kappa shape index (κ3) is 11.9. The molecule has 45 heavy (non-hydrogen) atoms. The highest BCUT2D eigenvalue weighted by molar-refractivity contribution is 7.89. The third-order valence-corrected chi connectivity index (χ3v) is 8.24. The highest BCUT2D eigenvalue weighted by atomic mass is 32.2. The predicted octanol–water partition coefficient (Wildman–Crippen LogP) is 2.79. The largest absolute Gasteiger partial charge is 0.493 e. The van der Waals surface area contributed by atoms with Crippen LogP contribution in [0.4, 0.5) is 4.79 Å². The SMILES string of the molecule is COCCCOc1cc(C[C@@H](C[C@H](NC(=O)O)[C@@H](O)CNC2=NS(=O)(=O)N=C2NCCc2ccccc2)C(C)C)ccc1OC. The molecule has 0 fully saturated rings. The number of methoxy groups -OCH3 is 2. The van der Waals surface area contributed by atoms with Gasteiger partial charge in [0.1, 0.15) is 0 Å². The number of aliphatic hydroxyl groups is 1. The van der Waals surface area contributed by atoms with Crippen LogP contribution in [0.2, 0.25) is 0 Å². The smallest absolute Gasteiger partial charge is 0.404 e. The van der Waals surface area contributed by atoms with Crippen LogP contribution in [-0.4, -0.2) is 89.1 Å². The van der Waals surface area contributed by atoms with E-state index >= 15 is 0 Å². The number of ether oxygens (including phenoxy) is 3. The number of nitrogens with one attached hydrogen (secondary N) is 3. The van der Waals surface area contributed by atoms with Gasteiger partial charge in [-0.25, -0.2) is 4.79 Å². The van der Waals surface area contributed by atoms with E-state index in [1.165, 1.54) is 0 Å². The van der Waals surface area contributed by atoms with Crippen LogP contribution in [0.5, 0.6) is 11.5 Å². The summed E-state index contributed by atoms with van der Waals surface area (Å²) in [4.78, 5) is 11.7. The number of hydrogen-bond donors (Lipinski definition) is 5. The number of benzene rings is 2. The maximum Gasteiger partial charge on any atom is 0.404 e. The number of amides is 1. The highest BCUT2D eigenvalue weighted by Gasteiger charge is 2.29. The van der Waals surface area contributed by atoms with Crippen molar-refractivity contribution in [1.29, 1.82) is 0 Å². The molecule has 0 aromatic heterocycles. The van der Waals surface area contributed by atoms with Crippen molar-refractivity contribution in [3.05, 3.63) is 59.7 Å². The molecule has 0 saturated heterocycles. The van der Waals surface area contributed by atoms with Crippen molar-refractivity contribution in [2.45, 2.75) is 51.7 Å². The normalized spacial score (nSPS) is 15.9. The summed E-state index contributed by atoms with van der Waals surface area (Å²) in [5.41, 5.74) is 2.04. The number of nitrogens with zero attached hydrogens (tertiary/aromatic N) is 2. The number of rotatable bonds is 18. The molecule has 13 nitrogen and oxygen atoms in total. The van der Waals surface area contributed by atoms with Gasteiger partial charge < -0.3 is 40.4 Å². The molecule has 0 bridgehead atoms. The van der Waals surface area contributed by atoms with Crippen molar-refractivity contribution in [3.63, 3.8) is 0 Å². The molecule has 5 N–H and O–H groups in total. The lowest BCUT2D eigenvalue weighted by Gasteiger charge is -2.30.